The number of halogens is 1. The largest absolute Gasteiger partial charge is 0.310 e. The number of hydrogen-bond acceptors (Lipinski definition) is 5. The first-order valence-corrected chi connectivity index (χ1v) is 11.1. The van der Waals surface area contributed by atoms with Crippen molar-refractivity contribution in [2.24, 2.45) is 0 Å². The molecule has 0 radical (unpaired) electrons. The van der Waals surface area contributed by atoms with Crippen molar-refractivity contribution in [2.75, 3.05) is 11.4 Å². The maximum Gasteiger partial charge on any atom is 0.264 e. The number of anilines is 1. The van der Waals surface area contributed by atoms with Crippen molar-refractivity contribution in [1.82, 2.24) is 19.3 Å². The van der Waals surface area contributed by atoms with Crippen molar-refractivity contribution in [1.29, 1.82) is 0 Å². The van der Waals surface area contributed by atoms with Gasteiger partial charge in [-0.3, -0.25) is 14.2 Å². The first kappa shape index (κ1) is 20.4. The van der Waals surface area contributed by atoms with Gasteiger partial charge in [0.2, 0.25) is 5.91 Å². The lowest BCUT2D eigenvalue weighted by Gasteiger charge is -2.22. The van der Waals surface area contributed by atoms with E-state index in [-0.39, 0.29) is 23.8 Å². The molecule has 1 atom stereocenters. The van der Waals surface area contributed by atoms with Gasteiger partial charge in [-0.25, -0.2) is 14.1 Å². The van der Waals surface area contributed by atoms with Crippen LogP contribution in [-0.2, 0) is 11.3 Å². The third-order valence-corrected chi connectivity index (χ3v) is 6.71. The van der Waals surface area contributed by atoms with Gasteiger partial charge in [-0.1, -0.05) is 19.1 Å². The van der Waals surface area contributed by atoms with Crippen LogP contribution in [0.25, 0.3) is 16.7 Å². The van der Waals surface area contributed by atoms with Crippen LogP contribution in [-0.4, -0.2) is 37.0 Å². The smallest absolute Gasteiger partial charge is 0.264 e. The summed E-state index contributed by atoms with van der Waals surface area (Å²) in [6.45, 7) is 2.63. The Balaban J connectivity index is 1.46. The fourth-order valence-corrected chi connectivity index (χ4v) is 4.92. The molecule has 1 aliphatic rings. The highest BCUT2D eigenvalue weighted by atomic mass is 32.2. The molecule has 9 heteroatoms. The van der Waals surface area contributed by atoms with E-state index in [1.807, 2.05) is 24.3 Å². The SMILES string of the molecule is CC1CCN(C(=O)Cn2cnc3c(cnn3-c3ccc(F)cc3)c2=O)c2ccccc2S1. The van der Waals surface area contributed by atoms with Crippen LogP contribution >= 0.6 is 11.8 Å². The molecule has 162 valence electrons. The molecule has 1 amide bonds. The lowest BCUT2D eigenvalue weighted by molar-refractivity contribution is -0.119. The van der Waals surface area contributed by atoms with E-state index in [1.54, 1.807) is 28.8 Å². The number of benzene rings is 2. The predicted octanol–water partition coefficient (Wildman–Crippen LogP) is 3.64. The number of thioether (sulfide) groups is 1. The van der Waals surface area contributed by atoms with Crippen molar-refractivity contribution >= 4 is 34.4 Å². The molecule has 32 heavy (non-hydrogen) atoms. The van der Waals surface area contributed by atoms with Crippen molar-refractivity contribution in [3.8, 4) is 5.69 Å². The molecule has 5 rings (SSSR count). The summed E-state index contributed by atoms with van der Waals surface area (Å²) in [6.07, 6.45) is 3.65. The number of hydrogen-bond donors (Lipinski definition) is 0. The van der Waals surface area contributed by atoms with Crippen molar-refractivity contribution < 1.29 is 9.18 Å². The van der Waals surface area contributed by atoms with Crippen molar-refractivity contribution in [2.45, 2.75) is 30.0 Å². The summed E-state index contributed by atoms with van der Waals surface area (Å²) in [6, 6.07) is 13.6. The third kappa shape index (κ3) is 3.69. The predicted molar refractivity (Wildman–Crippen MR) is 122 cm³/mol. The molecular weight excluding hydrogens is 429 g/mol. The summed E-state index contributed by atoms with van der Waals surface area (Å²) in [5.74, 6) is -0.525. The first-order valence-electron chi connectivity index (χ1n) is 10.3. The molecule has 1 aliphatic heterocycles. The summed E-state index contributed by atoms with van der Waals surface area (Å²) < 4.78 is 16.0. The Morgan fingerprint density at radius 3 is 2.78 bits per heavy atom. The fourth-order valence-electron chi connectivity index (χ4n) is 3.81. The van der Waals surface area contributed by atoms with E-state index in [9.17, 15) is 14.0 Å². The minimum Gasteiger partial charge on any atom is -0.310 e. The number of carbonyl (C=O) groups excluding carboxylic acids is 1. The molecule has 0 saturated carbocycles. The van der Waals surface area contributed by atoms with Crippen molar-refractivity contribution in [3.63, 3.8) is 0 Å². The van der Waals surface area contributed by atoms with Gasteiger partial charge in [0.1, 0.15) is 24.1 Å². The fraction of sp³-hybridized carbons (Fsp3) is 0.217. The summed E-state index contributed by atoms with van der Waals surface area (Å²) in [7, 11) is 0. The second-order valence-electron chi connectivity index (χ2n) is 7.68. The molecule has 4 aromatic rings. The summed E-state index contributed by atoms with van der Waals surface area (Å²) in [5, 5.41) is 4.93. The summed E-state index contributed by atoms with van der Waals surface area (Å²) >= 11 is 1.76. The van der Waals surface area contributed by atoms with Crippen LogP contribution in [0.1, 0.15) is 13.3 Å². The zero-order chi connectivity index (χ0) is 22.2. The Morgan fingerprint density at radius 1 is 1.19 bits per heavy atom. The van der Waals surface area contributed by atoms with Gasteiger partial charge < -0.3 is 4.90 Å². The molecule has 2 aromatic carbocycles. The topological polar surface area (TPSA) is 73.0 Å². The minimum absolute atomic E-state index is 0.114. The lowest BCUT2D eigenvalue weighted by Crippen LogP contribution is -2.37. The van der Waals surface area contributed by atoms with Crippen molar-refractivity contribution in [3.05, 3.63) is 77.2 Å². The van der Waals surface area contributed by atoms with Gasteiger partial charge in [0.15, 0.2) is 5.65 Å². The number of amides is 1. The number of nitrogens with zero attached hydrogens (tertiary/aromatic N) is 5. The zero-order valence-electron chi connectivity index (χ0n) is 17.3. The standard InChI is InChI=1S/C23H20FN5O2S/c1-15-10-11-28(19-4-2-3-5-20(19)32-15)21(30)13-27-14-25-22-18(23(27)31)12-26-29(22)17-8-6-16(24)7-9-17/h2-9,12,14-15H,10-11,13H2,1H3. The first-order chi connectivity index (χ1) is 15.5. The van der Waals surface area contributed by atoms with E-state index in [1.165, 1.54) is 33.9 Å². The van der Waals surface area contributed by atoms with Crippen LogP contribution < -0.4 is 10.5 Å². The molecule has 7 nitrogen and oxygen atoms in total. The highest BCUT2D eigenvalue weighted by Crippen LogP contribution is 2.37. The number of rotatable bonds is 3. The molecule has 2 aromatic heterocycles. The van der Waals surface area contributed by atoms with E-state index < -0.39 is 0 Å². The van der Waals surface area contributed by atoms with Gasteiger partial charge in [-0.15, -0.1) is 11.8 Å². The van der Waals surface area contributed by atoms with E-state index in [2.05, 4.69) is 17.0 Å². The molecule has 0 fully saturated rings. The van der Waals surface area contributed by atoms with E-state index in [0.717, 1.165) is 17.0 Å². The number of carbonyl (C=O) groups is 1. The minimum atomic E-state index is -0.359. The van der Waals surface area contributed by atoms with Crippen LogP contribution in [0.3, 0.4) is 0 Å². The summed E-state index contributed by atoms with van der Waals surface area (Å²) in [5.41, 5.74) is 1.48. The molecular formula is C23H20FN5O2S. The number of para-hydroxylation sites is 1. The number of aromatic nitrogens is 4. The maximum atomic E-state index is 13.2. The third-order valence-electron chi connectivity index (χ3n) is 5.48. The molecule has 0 spiro atoms. The van der Waals surface area contributed by atoms with Gasteiger partial charge in [-0.2, -0.15) is 5.10 Å². The van der Waals surface area contributed by atoms with Gasteiger partial charge in [0.05, 0.1) is 17.6 Å². The van der Waals surface area contributed by atoms with Crippen LogP contribution in [0.5, 0.6) is 0 Å². The molecule has 0 saturated heterocycles. The average molecular weight is 450 g/mol. The van der Waals surface area contributed by atoms with Gasteiger partial charge in [-0.05, 0) is 42.8 Å². The Morgan fingerprint density at radius 2 is 1.97 bits per heavy atom. The van der Waals surface area contributed by atoms with E-state index >= 15 is 0 Å². The highest BCUT2D eigenvalue weighted by molar-refractivity contribution is 8.00. The molecule has 0 N–H and O–H groups in total. The Kier molecular flexibility index (Phi) is 5.26. The average Bonchev–Trinajstić information content (AvgIpc) is 3.14. The molecule has 0 aliphatic carbocycles. The van der Waals surface area contributed by atoms with Crippen LogP contribution in [0.15, 0.2) is 70.7 Å². The van der Waals surface area contributed by atoms with Crippen LogP contribution in [0.2, 0.25) is 0 Å². The monoisotopic (exact) mass is 449 g/mol. The maximum absolute atomic E-state index is 13.2. The quantitative estimate of drug-likeness (QED) is 0.478. The van der Waals surface area contributed by atoms with Crippen LogP contribution in [0.4, 0.5) is 10.1 Å². The van der Waals surface area contributed by atoms with Crippen LogP contribution in [0, 0.1) is 5.82 Å². The Hall–Kier alpha value is -3.46. The van der Waals surface area contributed by atoms with Gasteiger partial charge in [0.25, 0.3) is 5.56 Å². The highest BCUT2D eigenvalue weighted by Gasteiger charge is 2.25. The molecule has 3 heterocycles. The Bertz CT molecular complexity index is 1370. The number of fused-ring (bicyclic) bond motifs is 2. The summed E-state index contributed by atoms with van der Waals surface area (Å²) in [4.78, 5) is 33.4. The van der Waals surface area contributed by atoms with Gasteiger partial charge in [0, 0.05) is 16.7 Å². The normalized spacial score (nSPS) is 16.1. The van der Waals surface area contributed by atoms with Gasteiger partial charge >= 0.3 is 0 Å². The lowest BCUT2D eigenvalue weighted by atomic mass is 10.2. The second kappa shape index (κ2) is 8.23. The molecule has 1 unspecified atom stereocenters. The Labute approximate surface area is 187 Å². The second-order valence-corrected chi connectivity index (χ2v) is 9.16. The van der Waals surface area contributed by atoms with E-state index in [0.29, 0.717) is 28.5 Å². The molecule has 0 bridgehead atoms. The zero-order valence-corrected chi connectivity index (χ0v) is 18.1. The van der Waals surface area contributed by atoms with E-state index in [4.69, 9.17) is 0 Å².